The van der Waals surface area contributed by atoms with E-state index in [1.165, 1.54) is 13.3 Å². The fourth-order valence-corrected chi connectivity index (χ4v) is 3.99. The number of amides is 2. The van der Waals surface area contributed by atoms with Gasteiger partial charge in [0.2, 0.25) is 0 Å². The fourth-order valence-electron chi connectivity index (χ4n) is 3.99. The van der Waals surface area contributed by atoms with E-state index in [4.69, 9.17) is 14.2 Å². The molecule has 0 spiro atoms. The molecule has 1 saturated heterocycles. The molecule has 3 N–H and O–H groups in total. The molecule has 1 aliphatic rings. The topological polar surface area (TPSA) is 118 Å². The molecule has 4 rings (SSSR count). The third-order valence-electron chi connectivity index (χ3n) is 5.78. The summed E-state index contributed by atoms with van der Waals surface area (Å²) in [5.74, 6) is 1.25. The highest BCUT2D eigenvalue weighted by Crippen LogP contribution is 2.36. The summed E-state index contributed by atoms with van der Waals surface area (Å²) in [4.78, 5) is 17.1. The van der Waals surface area contributed by atoms with E-state index in [9.17, 15) is 10.1 Å². The number of ether oxygens (including phenoxy) is 3. The highest BCUT2D eigenvalue weighted by Gasteiger charge is 2.19. The van der Waals surface area contributed by atoms with E-state index >= 15 is 0 Å². The van der Waals surface area contributed by atoms with Gasteiger partial charge in [-0.05, 0) is 49.6 Å². The van der Waals surface area contributed by atoms with Crippen molar-refractivity contribution < 1.29 is 19.0 Å². The first kappa shape index (κ1) is 23.1. The molecule has 9 nitrogen and oxygen atoms in total. The Morgan fingerprint density at radius 2 is 1.91 bits per heavy atom. The minimum absolute atomic E-state index is 0.0580. The Labute approximate surface area is 198 Å². The lowest BCUT2D eigenvalue weighted by Crippen LogP contribution is -2.41. The predicted octanol–water partition coefficient (Wildman–Crippen LogP) is 4.48. The number of hydrogen-bond acceptors (Lipinski definition) is 7. The number of nitrogens with zero attached hydrogens (tertiary/aromatic N) is 2. The van der Waals surface area contributed by atoms with Gasteiger partial charge in [0.05, 0.1) is 36.7 Å². The molecular formula is C25H27N5O4. The smallest absolute Gasteiger partial charge is 0.319 e. The summed E-state index contributed by atoms with van der Waals surface area (Å²) in [5, 5.41) is 19.6. The van der Waals surface area contributed by atoms with Crippen molar-refractivity contribution >= 4 is 34.0 Å². The van der Waals surface area contributed by atoms with E-state index in [0.29, 0.717) is 46.8 Å². The van der Waals surface area contributed by atoms with Gasteiger partial charge < -0.3 is 30.2 Å². The lowest BCUT2D eigenvalue weighted by molar-refractivity contribution is 0.0806. The maximum atomic E-state index is 12.7. The van der Waals surface area contributed by atoms with Gasteiger partial charge in [0.25, 0.3) is 0 Å². The molecule has 9 heteroatoms. The van der Waals surface area contributed by atoms with Gasteiger partial charge in [-0.2, -0.15) is 5.26 Å². The number of methoxy groups -OCH3 is 2. The Balaban J connectivity index is 1.69. The van der Waals surface area contributed by atoms with Gasteiger partial charge in [-0.1, -0.05) is 0 Å². The second-order valence-corrected chi connectivity index (χ2v) is 8.02. The fraction of sp³-hybridized carbons (Fsp3) is 0.320. The lowest BCUT2D eigenvalue weighted by Gasteiger charge is -2.23. The number of rotatable bonds is 6. The van der Waals surface area contributed by atoms with E-state index in [1.54, 1.807) is 19.2 Å². The third-order valence-corrected chi connectivity index (χ3v) is 5.78. The van der Waals surface area contributed by atoms with Crippen molar-refractivity contribution in [2.45, 2.75) is 25.8 Å². The molecule has 1 fully saturated rings. The van der Waals surface area contributed by atoms with E-state index < -0.39 is 0 Å². The van der Waals surface area contributed by atoms with Gasteiger partial charge in [-0.25, -0.2) is 4.79 Å². The second kappa shape index (κ2) is 10.3. The van der Waals surface area contributed by atoms with Crippen LogP contribution in [0.15, 0.2) is 36.5 Å². The molecule has 176 valence electrons. The van der Waals surface area contributed by atoms with Crippen LogP contribution in [0.1, 0.15) is 24.0 Å². The van der Waals surface area contributed by atoms with Crippen molar-refractivity contribution in [3.8, 4) is 17.6 Å². The summed E-state index contributed by atoms with van der Waals surface area (Å²) in [5.41, 5.74) is 3.82. The Morgan fingerprint density at radius 3 is 2.59 bits per heavy atom. The minimum Gasteiger partial charge on any atom is -0.496 e. The predicted molar refractivity (Wildman–Crippen MR) is 130 cm³/mol. The largest absolute Gasteiger partial charge is 0.496 e. The number of hydrogen-bond donors (Lipinski definition) is 3. The van der Waals surface area contributed by atoms with Crippen LogP contribution in [0.4, 0.5) is 21.9 Å². The third kappa shape index (κ3) is 4.97. The van der Waals surface area contributed by atoms with E-state index in [0.717, 1.165) is 29.8 Å². The number of nitriles is 1. The van der Waals surface area contributed by atoms with Crippen molar-refractivity contribution in [3.63, 3.8) is 0 Å². The summed E-state index contributed by atoms with van der Waals surface area (Å²) in [6, 6.07) is 11.1. The molecular weight excluding hydrogens is 434 g/mol. The second-order valence-electron chi connectivity index (χ2n) is 8.02. The minimum atomic E-state index is -0.325. The molecule has 0 bridgehead atoms. The SMILES string of the molecule is COc1ccc(Nc2c(C#N)cnc3cc(OC)c(NC(=O)NC4CCOCC4)cc23)cc1C. The number of aryl methyl sites for hydroxylation is 1. The summed E-state index contributed by atoms with van der Waals surface area (Å²) < 4.78 is 16.2. The molecule has 0 atom stereocenters. The Bertz CT molecular complexity index is 1250. The molecule has 3 aromatic rings. The van der Waals surface area contributed by atoms with Gasteiger partial charge in [-0.3, -0.25) is 4.98 Å². The van der Waals surface area contributed by atoms with Gasteiger partial charge in [0, 0.05) is 42.6 Å². The molecule has 2 heterocycles. The molecule has 0 radical (unpaired) electrons. The van der Waals surface area contributed by atoms with E-state index in [-0.39, 0.29) is 12.1 Å². The average molecular weight is 462 g/mol. The average Bonchev–Trinajstić information content (AvgIpc) is 2.84. The zero-order chi connectivity index (χ0) is 24.1. The molecule has 0 saturated carbocycles. The van der Waals surface area contributed by atoms with Crippen LogP contribution < -0.4 is 25.4 Å². The quantitative estimate of drug-likeness (QED) is 0.495. The highest BCUT2D eigenvalue weighted by molar-refractivity contribution is 6.01. The van der Waals surface area contributed by atoms with E-state index in [2.05, 4.69) is 27.0 Å². The van der Waals surface area contributed by atoms with Crippen LogP contribution in [0, 0.1) is 18.3 Å². The number of fused-ring (bicyclic) bond motifs is 1. The number of urea groups is 1. The van der Waals surface area contributed by atoms with Crippen LogP contribution in [0.25, 0.3) is 10.9 Å². The van der Waals surface area contributed by atoms with Crippen molar-refractivity contribution in [3.05, 3.63) is 47.7 Å². The van der Waals surface area contributed by atoms with Crippen LogP contribution in [0.2, 0.25) is 0 Å². The number of nitrogens with one attached hydrogen (secondary N) is 3. The molecule has 2 aromatic carbocycles. The van der Waals surface area contributed by atoms with Crippen LogP contribution in [0.5, 0.6) is 11.5 Å². The van der Waals surface area contributed by atoms with Gasteiger partial charge in [0.15, 0.2) is 0 Å². The summed E-state index contributed by atoms with van der Waals surface area (Å²) in [6.45, 7) is 3.21. The molecule has 0 unspecified atom stereocenters. The van der Waals surface area contributed by atoms with Crippen molar-refractivity contribution in [1.82, 2.24) is 10.3 Å². The normalized spacial score (nSPS) is 13.7. The van der Waals surface area contributed by atoms with Crippen molar-refractivity contribution in [2.24, 2.45) is 0 Å². The number of anilines is 3. The monoisotopic (exact) mass is 461 g/mol. The van der Waals surface area contributed by atoms with E-state index in [1.807, 2.05) is 25.1 Å². The zero-order valence-corrected chi connectivity index (χ0v) is 19.4. The number of carbonyl (C=O) groups is 1. The van der Waals surface area contributed by atoms with Crippen molar-refractivity contribution in [2.75, 3.05) is 38.1 Å². The zero-order valence-electron chi connectivity index (χ0n) is 19.4. The van der Waals surface area contributed by atoms with Gasteiger partial charge in [-0.15, -0.1) is 0 Å². The molecule has 1 aromatic heterocycles. The van der Waals surface area contributed by atoms with Gasteiger partial charge in [0.1, 0.15) is 17.6 Å². The standard InChI is InChI=1S/C25H27N5O4/c1-15-10-18(4-5-22(15)32-2)28-24-16(13-26)14-27-20-12-23(33-3)21(11-19(20)24)30-25(31)29-17-6-8-34-9-7-17/h4-5,10-12,14,17H,6-9H2,1-3H3,(H,27,28)(H2,29,30,31). The summed E-state index contributed by atoms with van der Waals surface area (Å²) in [6.07, 6.45) is 3.06. The van der Waals surface area contributed by atoms with Crippen LogP contribution in [-0.2, 0) is 4.74 Å². The maximum absolute atomic E-state index is 12.7. The van der Waals surface area contributed by atoms with Crippen LogP contribution in [-0.4, -0.2) is 44.5 Å². The number of benzene rings is 2. The highest BCUT2D eigenvalue weighted by atomic mass is 16.5. The Morgan fingerprint density at radius 1 is 1.15 bits per heavy atom. The first-order chi connectivity index (χ1) is 16.5. The first-order valence-corrected chi connectivity index (χ1v) is 11.0. The van der Waals surface area contributed by atoms with Crippen LogP contribution >= 0.6 is 0 Å². The first-order valence-electron chi connectivity index (χ1n) is 11.0. The lowest BCUT2D eigenvalue weighted by atomic mass is 10.1. The Kier molecular flexibility index (Phi) is 6.99. The molecule has 2 amide bonds. The molecule has 34 heavy (non-hydrogen) atoms. The summed E-state index contributed by atoms with van der Waals surface area (Å²) >= 11 is 0. The van der Waals surface area contributed by atoms with Crippen molar-refractivity contribution in [1.29, 1.82) is 5.26 Å². The number of aromatic nitrogens is 1. The molecule has 1 aliphatic heterocycles. The number of pyridine rings is 1. The molecule has 0 aliphatic carbocycles. The van der Waals surface area contributed by atoms with Crippen LogP contribution in [0.3, 0.4) is 0 Å². The number of carbonyl (C=O) groups excluding carboxylic acids is 1. The summed E-state index contributed by atoms with van der Waals surface area (Å²) in [7, 11) is 3.16. The maximum Gasteiger partial charge on any atom is 0.319 e. The van der Waals surface area contributed by atoms with Gasteiger partial charge >= 0.3 is 6.03 Å². The Hall–Kier alpha value is -4.03.